The average Bonchev–Trinajstić information content (AvgIpc) is 2.83. The minimum atomic E-state index is -0.631. The SMILES string of the molecule is N#C/C(=C\c1c(OCc2cccc(F)c2)ccc2ccccc12)C(=O)Nc1ccc(F)cc1. The molecule has 1 N–H and O–H groups in total. The van der Waals surface area contributed by atoms with Crippen LogP contribution in [-0.2, 0) is 11.4 Å². The van der Waals surface area contributed by atoms with Gasteiger partial charge in [0.15, 0.2) is 0 Å². The number of amides is 1. The zero-order chi connectivity index (χ0) is 23.2. The van der Waals surface area contributed by atoms with Crippen molar-refractivity contribution in [3.05, 3.63) is 113 Å². The van der Waals surface area contributed by atoms with E-state index in [0.717, 1.165) is 10.8 Å². The van der Waals surface area contributed by atoms with Gasteiger partial charge < -0.3 is 10.1 Å². The Bertz CT molecular complexity index is 1390. The number of rotatable bonds is 6. The number of nitrogens with zero attached hydrogens (tertiary/aromatic N) is 1. The van der Waals surface area contributed by atoms with Crippen LogP contribution in [0, 0.1) is 23.0 Å². The smallest absolute Gasteiger partial charge is 0.266 e. The highest BCUT2D eigenvalue weighted by Gasteiger charge is 2.14. The Hall–Kier alpha value is -4.50. The van der Waals surface area contributed by atoms with Crippen LogP contribution in [0.5, 0.6) is 5.75 Å². The predicted molar refractivity (Wildman–Crippen MR) is 123 cm³/mol. The molecule has 0 fully saturated rings. The Morgan fingerprint density at radius 3 is 2.48 bits per heavy atom. The second-order valence-corrected chi connectivity index (χ2v) is 7.25. The van der Waals surface area contributed by atoms with Gasteiger partial charge >= 0.3 is 0 Å². The number of nitrogens with one attached hydrogen (secondary N) is 1. The monoisotopic (exact) mass is 440 g/mol. The van der Waals surface area contributed by atoms with E-state index in [4.69, 9.17) is 4.74 Å². The summed E-state index contributed by atoms with van der Waals surface area (Å²) in [6.45, 7) is 0.112. The maximum atomic E-state index is 13.5. The van der Waals surface area contributed by atoms with Crippen molar-refractivity contribution in [2.45, 2.75) is 6.61 Å². The standard InChI is InChI=1S/C27H18F2N2O2/c28-21-9-11-23(12-10-21)31-27(32)20(16-30)15-25-24-7-2-1-5-19(24)8-13-26(25)33-17-18-4-3-6-22(29)14-18/h1-15H,17H2,(H,31,32)/b20-15+. The van der Waals surface area contributed by atoms with Crippen molar-refractivity contribution in [1.29, 1.82) is 5.26 Å². The van der Waals surface area contributed by atoms with E-state index in [9.17, 15) is 18.8 Å². The number of ether oxygens (including phenoxy) is 1. The second kappa shape index (κ2) is 9.75. The first kappa shape index (κ1) is 21.7. The highest BCUT2D eigenvalue weighted by atomic mass is 19.1. The number of fused-ring (bicyclic) bond motifs is 1. The number of halogens is 2. The van der Waals surface area contributed by atoms with Crippen LogP contribution in [0.1, 0.15) is 11.1 Å². The molecule has 4 rings (SSSR count). The van der Waals surface area contributed by atoms with Crippen LogP contribution in [0.2, 0.25) is 0 Å². The number of nitriles is 1. The molecule has 33 heavy (non-hydrogen) atoms. The molecule has 0 unspecified atom stereocenters. The van der Waals surface area contributed by atoms with Gasteiger partial charge in [0.25, 0.3) is 5.91 Å². The fourth-order valence-electron chi connectivity index (χ4n) is 3.36. The molecule has 0 aromatic heterocycles. The average molecular weight is 440 g/mol. The molecule has 0 saturated heterocycles. The molecule has 0 spiro atoms. The molecule has 0 aliphatic carbocycles. The molecule has 4 aromatic carbocycles. The third-order valence-corrected chi connectivity index (χ3v) is 4.97. The summed E-state index contributed by atoms with van der Waals surface area (Å²) >= 11 is 0. The number of benzene rings is 4. The lowest BCUT2D eigenvalue weighted by molar-refractivity contribution is -0.112. The Labute approximate surface area is 189 Å². The molecular formula is C27H18F2N2O2. The van der Waals surface area contributed by atoms with Crippen LogP contribution in [0.25, 0.3) is 16.8 Å². The van der Waals surface area contributed by atoms with Crippen molar-refractivity contribution in [1.82, 2.24) is 0 Å². The first-order chi connectivity index (χ1) is 16.0. The number of anilines is 1. The fourth-order valence-corrected chi connectivity index (χ4v) is 3.36. The van der Waals surface area contributed by atoms with Gasteiger partial charge in [-0.05, 0) is 64.9 Å². The molecule has 0 atom stereocenters. The number of carbonyl (C=O) groups excluding carboxylic acids is 1. The van der Waals surface area contributed by atoms with E-state index in [0.29, 0.717) is 22.6 Å². The number of hydrogen-bond donors (Lipinski definition) is 1. The van der Waals surface area contributed by atoms with E-state index in [1.807, 2.05) is 36.4 Å². The lowest BCUT2D eigenvalue weighted by Gasteiger charge is -2.13. The first-order valence-electron chi connectivity index (χ1n) is 10.1. The van der Waals surface area contributed by atoms with E-state index in [1.54, 1.807) is 18.2 Å². The van der Waals surface area contributed by atoms with Crippen LogP contribution < -0.4 is 10.1 Å². The van der Waals surface area contributed by atoms with Gasteiger partial charge in [-0.3, -0.25) is 4.79 Å². The van der Waals surface area contributed by atoms with Crippen LogP contribution >= 0.6 is 0 Å². The van der Waals surface area contributed by atoms with E-state index in [2.05, 4.69) is 5.32 Å². The first-order valence-corrected chi connectivity index (χ1v) is 10.1. The molecule has 0 heterocycles. The van der Waals surface area contributed by atoms with Crippen molar-refractivity contribution in [3.63, 3.8) is 0 Å². The van der Waals surface area contributed by atoms with E-state index < -0.39 is 11.7 Å². The lowest BCUT2D eigenvalue weighted by Crippen LogP contribution is -2.13. The van der Waals surface area contributed by atoms with Crippen molar-refractivity contribution in [3.8, 4) is 11.8 Å². The summed E-state index contributed by atoms with van der Waals surface area (Å²) in [5.74, 6) is -0.979. The summed E-state index contributed by atoms with van der Waals surface area (Å²) in [4.78, 5) is 12.7. The van der Waals surface area contributed by atoms with Gasteiger partial charge in [-0.15, -0.1) is 0 Å². The summed E-state index contributed by atoms with van der Waals surface area (Å²) < 4.78 is 32.6. The van der Waals surface area contributed by atoms with Crippen LogP contribution in [0.4, 0.5) is 14.5 Å². The van der Waals surface area contributed by atoms with Crippen LogP contribution in [0.15, 0.2) is 90.5 Å². The van der Waals surface area contributed by atoms with Crippen molar-refractivity contribution >= 4 is 28.4 Å². The summed E-state index contributed by atoms with van der Waals surface area (Å²) in [6.07, 6.45) is 1.46. The Morgan fingerprint density at radius 2 is 1.73 bits per heavy atom. The summed E-state index contributed by atoms with van der Waals surface area (Å²) in [7, 11) is 0. The van der Waals surface area contributed by atoms with E-state index in [-0.39, 0.29) is 18.0 Å². The molecule has 0 bridgehead atoms. The van der Waals surface area contributed by atoms with Gasteiger partial charge in [-0.25, -0.2) is 8.78 Å². The molecule has 0 saturated carbocycles. The largest absolute Gasteiger partial charge is 0.488 e. The molecule has 162 valence electrons. The van der Waals surface area contributed by atoms with Gasteiger partial charge in [0, 0.05) is 11.3 Å². The summed E-state index contributed by atoms with van der Waals surface area (Å²) in [6, 6.07) is 24.4. The Kier molecular flexibility index (Phi) is 6.42. The molecule has 0 radical (unpaired) electrons. The molecular weight excluding hydrogens is 422 g/mol. The molecule has 0 aliphatic heterocycles. The molecule has 4 nitrogen and oxygen atoms in total. The zero-order valence-corrected chi connectivity index (χ0v) is 17.4. The van der Waals surface area contributed by atoms with Gasteiger partial charge in [0.2, 0.25) is 0 Å². The lowest BCUT2D eigenvalue weighted by atomic mass is 10.0. The second-order valence-electron chi connectivity index (χ2n) is 7.25. The fraction of sp³-hybridized carbons (Fsp3) is 0.0370. The Morgan fingerprint density at radius 1 is 0.939 bits per heavy atom. The molecule has 4 aromatic rings. The van der Waals surface area contributed by atoms with E-state index >= 15 is 0 Å². The minimum Gasteiger partial charge on any atom is -0.488 e. The van der Waals surface area contributed by atoms with Crippen LogP contribution in [0.3, 0.4) is 0 Å². The highest BCUT2D eigenvalue weighted by Crippen LogP contribution is 2.31. The van der Waals surface area contributed by atoms with E-state index in [1.165, 1.54) is 42.5 Å². The normalized spacial score (nSPS) is 11.1. The van der Waals surface area contributed by atoms with Crippen LogP contribution in [-0.4, -0.2) is 5.91 Å². The number of hydrogen-bond acceptors (Lipinski definition) is 3. The Balaban J connectivity index is 1.69. The molecule has 0 aliphatic rings. The predicted octanol–water partition coefficient (Wildman–Crippen LogP) is 6.24. The van der Waals surface area contributed by atoms with Gasteiger partial charge in [-0.1, -0.05) is 42.5 Å². The number of carbonyl (C=O) groups is 1. The van der Waals surface area contributed by atoms with Gasteiger partial charge in [0.1, 0.15) is 35.6 Å². The minimum absolute atomic E-state index is 0.112. The molecule has 1 amide bonds. The quantitative estimate of drug-likeness (QED) is 0.285. The van der Waals surface area contributed by atoms with Crippen molar-refractivity contribution in [2.24, 2.45) is 0 Å². The van der Waals surface area contributed by atoms with Gasteiger partial charge in [0.05, 0.1) is 0 Å². The zero-order valence-electron chi connectivity index (χ0n) is 17.4. The maximum absolute atomic E-state index is 13.5. The third kappa shape index (κ3) is 5.23. The topological polar surface area (TPSA) is 62.1 Å². The van der Waals surface area contributed by atoms with Crippen molar-refractivity contribution < 1.29 is 18.3 Å². The third-order valence-electron chi connectivity index (χ3n) is 4.97. The molecule has 6 heteroatoms. The highest BCUT2D eigenvalue weighted by molar-refractivity contribution is 6.11. The summed E-state index contributed by atoms with van der Waals surface area (Å²) in [5.41, 5.74) is 1.41. The van der Waals surface area contributed by atoms with Crippen molar-refractivity contribution in [2.75, 3.05) is 5.32 Å². The maximum Gasteiger partial charge on any atom is 0.266 e. The summed E-state index contributed by atoms with van der Waals surface area (Å²) in [5, 5.41) is 13.9. The van der Waals surface area contributed by atoms with Gasteiger partial charge in [-0.2, -0.15) is 5.26 Å².